The maximum atomic E-state index is 12.1. The van der Waals surface area contributed by atoms with Crippen molar-refractivity contribution >= 4 is 29.7 Å². The van der Waals surface area contributed by atoms with E-state index in [2.05, 4.69) is 16.0 Å². The van der Waals surface area contributed by atoms with Crippen LogP contribution < -0.4 is 21.7 Å². The third-order valence-electron chi connectivity index (χ3n) is 4.01. The van der Waals surface area contributed by atoms with Gasteiger partial charge in [-0.1, -0.05) is 20.3 Å². The standard InChI is InChI=1S/C16H28N4O7/c1-5-7(2)12(16(26)27)20-14(24)9(4)18-13(23)8(3)19-15(25)10(17)6-11(21)22/h7-10,12H,5-6,17H2,1-4H3,(H,18,23)(H,19,25)(H,20,24)(H,21,22)(H,26,27). The van der Waals surface area contributed by atoms with Crippen molar-refractivity contribution < 1.29 is 34.2 Å². The molecular weight excluding hydrogens is 360 g/mol. The summed E-state index contributed by atoms with van der Waals surface area (Å²) in [6, 6.07) is -4.52. The maximum absolute atomic E-state index is 12.1. The average molecular weight is 388 g/mol. The largest absolute Gasteiger partial charge is 0.481 e. The zero-order chi connectivity index (χ0) is 21.3. The highest BCUT2D eigenvalue weighted by Gasteiger charge is 2.29. The minimum atomic E-state index is -1.31. The van der Waals surface area contributed by atoms with E-state index in [0.717, 1.165) is 0 Å². The molecule has 154 valence electrons. The Balaban J connectivity index is 4.70. The topological polar surface area (TPSA) is 188 Å². The minimum absolute atomic E-state index is 0.303. The molecule has 0 bridgehead atoms. The molecule has 27 heavy (non-hydrogen) atoms. The van der Waals surface area contributed by atoms with Crippen molar-refractivity contribution in [3.05, 3.63) is 0 Å². The summed E-state index contributed by atoms with van der Waals surface area (Å²) in [5, 5.41) is 24.8. The van der Waals surface area contributed by atoms with Crippen LogP contribution in [0.3, 0.4) is 0 Å². The number of carbonyl (C=O) groups is 5. The Morgan fingerprint density at radius 1 is 0.852 bits per heavy atom. The Kier molecular flexibility index (Phi) is 10.0. The molecule has 0 fully saturated rings. The summed E-state index contributed by atoms with van der Waals surface area (Å²) in [5.74, 6) is -4.94. The summed E-state index contributed by atoms with van der Waals surface area (Å²) in [7, 11) is 0. The van der Waals surface area contributed by atoms with Crippen molar-refractivity contribution in [1.29, 1.82) is 0 Å². The molecule has 0 spiro atoms. The van der Waals surface area contributed by atoms with Crippen molar-refractivity contribution in [3.63, 3.8) is 0 Å². The third-order valence-corrected chi connectivity index (χ3v) is 4.01. The summed E-state index contributed by atoms with van der Waals surface area (Å²) < 4.78 is 0. The van der Waals surface area contributed by atoms with Gasteiger partial charge in [0.05, 0.1) is 12.5 Å². The molecule has 7 N–H and O–H groups in total. The number of carbonyl (C=O) groups excluding carboxylic acids is 3. The second-order valence-corrected chi connectivity index (χ2v) is 6.37. The van der Waals surface area contributed by atoms with Gasteiger partial charge in [0.2, 0.25) is 17.7 Å². The molecule has 0 saturated carbocycles. The number of amides is 3. The van der Waals surface area contributed by atoms with Crippen LogP contribution in [0.15, 0.2) is 0 Å². The molecule has 0 aromatic rings. The van der Waals surface area contributed by atoms with Crippen LogP contribution in [0.2, 0.25) is 0 Å². The monoisotopic (exact) mass is 388 g/mol. The smallest absolute Gasteiger partial charge is 0.326 e. The first-order valence-electron chi connectivity index (χ1n) is 8.51. The summed E-state index contributed by atoms with van der Waals surface area (Å²) >= 11 is 0. The molecule has 0 aliphatic carbocycles. The zero-order valence-corrected chi connectivity index (χ0v) is 15.8. The van der Waals surface area contributed by atoms with Gasteiger partial charge in [0, 0.05) is 0 Å². The van der Waals surface area contributed by atoms with Gasteiger partial charge in [-0.05, 0) is 19.8 Å². The van der Waals surface area contributed by atoms with Gasteiger partial charge in [-0.15, -0.1) is 0 Å². The van der Waals surface area contributed by atoms with E-state index in [4.69, 9.17) is 10.8 Å². The summed E-state index contributed by atoms with van der Waals surface area (Å²) in [6.07, 6.45) is -0.0528. The second kappa shape index (κ2) is 11.1. The van der Waals surface area contributed by atoms with Crippen LogP contribution in [0.1, 0.15) is 40.5 Å². The van der Waals surface area contributed by atoms with Gasteiger partial charge >= 0.3 is 11.9 Å². The van der Waals surface area contributed by atoms with E-state index < -0.39 is 60.2 Å². The molecule has 0 heterocycles. The number of rotatable bonds is 11. The fourth-order valence-corrected chi connectivity index (χ4v) is 2.03. The lowest BCUT2D eigenvalue weighted by molar-refractivity contribution is -0.143. The molecule has 0 saturated heterocycles. The van der Waals surface area contributed by atoms with Gasteiger partial charge in [-0.3, -0.25) is 19.2 Å². The number of nitrogens with one attached hydrogen (secondary N) is 3. The maximum Gasteiger partial charge on any atom is 0.326 e. The van der Waals surface area contributed by atoms with Gasteiger partial charge in [-0.25, -0.2) is 4.79 Å². The molecule has 0 aromatic carbocycles. The van der Waals surface area contributed by atoms with Crippen LogP contribution in [0.5, 0.6) is 0 Å². The van der Waals surface area contributed by atoms with E-state index in [9.17, 15) is 29.1 Å². The van der Waals surface area contributed by atoms with Crippen LogP contribution in [-0.4, -0.2) is 64.0 Å². The van der Waals surface area contributed by atoms with E-state index in [0.29, 0.717) is 6.42 Å². The van der Waals surface area contributed by atoms with E-state index in [1.54, 1.807) is 13.8 Å². The number of carboxylic acid groups (broad SMARTS) is 2. The fourth-order valence-electron chi connectivity index (χ4n) is 2.03. The molecule has 0 aromatic heterocycles. The summed E-state index contributed by atoms with van der Waals surface area (Å²) in [6.45, 7) is 6.18. The van der Waals surface area contributed by atoms with E-state index in [1.165, 1.54) is 13.8 Å². The second-order valence-electron chi connectivity index (χ2n) is 6.37. The molecule has 0 rings (SSSR count). The first-order chi connectivity index (χ1) is 12.4. The SMILES string of the molecule is CCC(C)C(NC(=O)C(C)NC(=O)C(C)NC(=O)C(N)CC(=O)O)C(=O)O. The van der Waals surface area contributed by atoms with Gasteiger partial charge in [0.25, 0.3) is 0 Å². The molecule has 5 atom stereocenters. The Morgan fingerprint density at radius 2 is 1.30 bits per heavy atom. The van der Waals surface area contributed by atoms with Crippen LogP contribution in [-0.2, 0) is 24.0 Å². The van der Waals surface area contributed by atoms with Gasteiger partial charge in [-0.2, -0.15) is 0 Å². The minimum Gasteiger partial charge on any atom is -0.481 e. The van der Waals surface area contributed by atoms with Crippen LogP contribution >= 0.6 is 0 Å². The number of aliphatic carboxylic acids is 2. The normalized spacial score (nSPS) is 16.2. The number of hydrogen-bond acceptors (Lipinski definition) is 6. The van der Waals surface area contributed by atoms with Crippen molar-refractivity contribution in [2.24, 2.45) is 11.7 Å². The van der Waals surface area contributed by atoms with E-state index in [-0.39, 0.29) is 5.92 Å². The Labute approximate surface area is 157 Å². The van der Waals surface area contributed by atoms with E-state index in [1.807, 2.05) is 0 Å². The molecule has 11 heteroatoms. The van der Waals surface area contributed by atoms with Crippen molar-refractivity contribution in [2.75, 3.05) is 0 Å². The van der Waals surface area contributed by atoms with E-state index >= 15 is 0 Å². The number of hydrogen-bond donors (Lipinski definition) is 6. The lowest BCUT2D eigenvalue weighted by atomic mass is 9.99. The molecule has 3 amide bonds. The Hall–Kier alpha value is -2.69. The molecule has 5 unspecified atom stereocenters. The highest BCUT2D eigenvalue weighted by atomic mass is 16.4. The lowest BCUT2D eigenvalue weighted by Crippen LogP contribution is -2.56. The highest BCUT2D eigenvalue weighted by molar-refractivity contribution is 5.94. The van der Waals surface area contributed by atoms with Crippen molar-refractivity contribution in [1.82, 2.24) is 16.0 Å². The molecule has 0 aliphatic rings. The highest BCUT2D eigenvalue weighted by Crippen LogP contribution is 2.08. The molecule has 0 aliphatic heterocycles. The lowest BCUT2D eigenvalue weighted by Gasteiger charge is -2.23. The quantitative estimate of drug-likeness (QED) is 0.244. The molecular formula is C16H28N4O7. The predicted octanol–water partition coefficient (Wildman–Crippen LogP) is -1.59. The Morgan fingerprint density at radius 3 is 1.70 bits per heavy atom. The van der Waals surface area contributed by atoms with Gasteiger partial charge < -0.3 is 31.9 Å². The van der Waals surface area contributed by atoms with Gasteiger partial charge in [0.15, 0.2) is 0 Å². The summed E-state index contributed by atoms with van der Waals surface area (Å²) in [4.78, 5) is 57.7. The van der Waals surface area contributed by atoms with Crippen LogP contribution in [0.25, 0.3) is 0 Å². The van der Waals surface area contributed by atoms with Crippen molar-refractivity contribution in [2.45, 2.75) is 64.7 Å². The zero-order valence-electron chi connectivity index (χ0n) is 15.8. The number of carboxylic acids is 2. The average Bonchev–Trinajstić information content (AvgIpc) is 2.57. The van der Waals surface area contributed by atoms with Crippen molar-refractivity contribution in [3.8, 4) is 0 Å². The first kappa shape index (κ1) is 24.3. The third kappa shape index (κ3) is 8.49. The Bertz CT molecular complexity index is 581. The fraction of sp³-hybridized carbons (Fsp3) is 0.688. The van der Waals surface area contributed by atoms with Gasteiger partial charge in [0.1, 0.15) is 18.1 Å². The summed E-state index contributed by atoms with van der Waals surface area (Å²) in [5.41, 5.74) is 5.40. The number of nitrogens with two attached hydrogens (primary N) is 1. The molecule has 11 nitrogen and oxygen atoms in total. The van der Waals surface area contributed by atoms with Crippen LogP contribution in [0, 0.1) is 5.92 Å². The first-order valence-corrected chi connectivity index (χ1v) is 8.51. The van der Waals surface area contributed by atoms with Crippen LogP contribution in [0.4, 0.5) is 0 Å². The molecule has 0 radical (unpaired) electrons. The predicted molar refractivity (Wildman–Crippen MR) is 94.5 cm³/mol.